The number of hydrogen-bond donors (Lipinski definition) is 1. The van der Waals surface area contributed by atoms with Crippen molar-refractivity contribution in [3.63, 3.8) is 0 Å². The van der Waals surface area contributed by atoms with Crippen LogP contribution in [-0.4, -0.2) is 17.5 Å². The summed E-state index contributed by atoms with van der Waals surface area (Å²) < 4.78 is 19.0. The summed E-state index contributed by atoms with van der Waals surface area (Å²) in [6.45, 7) is -0.0406. The van der Waals surface area contributed by atoms with Gasteiger partial charge < -0.3 is 10.1 Å². The molecule has 1 aliphatic rings. The highest BCUT2D eigenvalue weighted by Crippen LogP contribution is 2.36. The molecule has 0 bridgehead atoms. The van der Waals surface area contributed by atoms with Crippen molar-refractivity contribution >= 4 is 38.4 Å². The average molecular weight is 297 g/mol. The van der Waals surface area contributed by atoms with Gasteiger partial charge in [0.2, 0.25) is 0 Å². The first-order valence-electron chi connectivity index (χ1n) is 4.85. The Balaban J connectivity index is 2.30. The monoisotopic (exact) mass is 296 g/mol. The van der Waals surface area contributed by atoms with Gasteiger partial charge in [-0.2, -0.15) is 0 Å². The summed E-state index contributed by atoms with van der Waals surface area (Å²) in [5.74, 6) is -0.0834. The van der Waals surface area contributed by atoms with Crippen molar-refractivity contribution in [3.8, 4) is 5.75 Å². The second-order valence-corrected chi connectivity index (χ2v) is 4.48. The number of amides is 1. The van der Waals surface area contributed by atoms with Crippen molar-refractivity contribution < 1.29 is 13.9 Å². The van der Waals surface area contributed by atoms with E-state index >= 15 is 0 Å². The van der Waals surface area contributed by atoms with Gasteiger partial charge in [0.05, 0.1) is 16.2 Å². The van der Waals surface area contributed by atoms with E-state index < -0.39 is 0 Å². The van der Waals surface area contributed by atoms with Crippen LogP contribution in [0.5, 0.6) is 5.75 Å². The first-order chi connectivity index (χ1) is 8.15. The quantitative estimate of drug-likeness (QED) is 0.812. The van der Waals surface area contributed by atoms with Crippen LogP contribution in [0.25, 0.3) is 10.9 Å². The molecule has 6 heteroatoms. The van der Waals surface area contributed by atoms with Crippen molar-refractivity contribution in [3.05, 3.63) is 28.6 Å². The van der Waals surface area contributed by atoms with Crippen molar-refractivity contribution in [1.82, 2.24) is 4.98 Å². The lowest BCUT2D eigenvalue weighted by atomic mass is 10.1. The lowest BCUT2D eigenvalue weighted by Gasteiger charge is -2.19. The molecule has 86 valence electrons. The minimum Gasteiger partial charge on any atom is -0.481 e. The van der Waals surface area contributed by atoms with E-state index in [2.05, 4.69) is 26.2 Å². The fourth-order valence-electron chi connectivity index (χ4n) is 1.73. The lowest BCUT2D eigenvalue weighted by molar-refractivity contribution is -0.118. The first kappa shape index (κ1) is 10.5. The largest absolute Gasteiger partial charge is 0.481 e. The molecular formula is C11H6BrFN2O2. The van der Waals surface area contributed by atoms with Crippen molar-refractivity contribution in [2.45, 2.75) is 0 Å². The Morgan fingerprint density at radius 1 is 1.47 bits per heavy atom. The van der Waals surface area contributed by atoms with E-state index in [1.807, 2.05) is 0 Å². The molecule has 1 amide bonds. The Bertz CT molecular complexity index is 645. The summed E-state index contributed by atoms with van der Waals surface area (Å²) in [6, 6.07) is 2.91. The van der Waals surface area contributed by atoms with Crippen LogP contribution >= 0.6 is 15.9 Å². The Morgan fingerprint density at radius 3 is 3.12 bits per heavy atom. The molecule has 3 rings (SSSR count). The molecule has 17 heavy (non-hydrogen) atoms. The number of fused-ring (bicyclic) bond motifs is 3. The van der Waals surface area contributed by atoms with Crippen molar-refractivity contribution in [2.24, 2.45) is 0 Å². The van der Waals surface area contributed by atoms with Gasteiger partial charge in [0.1, 0.15) is 11.5 Å². The molecule has 4 nitrogen and oxygen atoms in total. The average Bonchev–Trinajstić information content (AvgIpc) is 2.30. The molecule has 1 aliphatic heterocycles. The number of hydrogen-bond acceptors (Lipinski definition) is 3. The van der Waals surface area contributed by atoms with Crippen LogP contribution in [0.2, 0.25) is 0 Å². The summed E-state index contributed by atoms with van der Waals surface area (Å²) in [4.78, 5) is 15.2. The molecule has 0 atom stereocenters. The van der Waals surface area contributed by atoms with Gasteiger partial charge in [0, 0.05) is 11.5 Å². The van der Waals surface area contributed by atoms with E-state index in [1.54, 1.807) is 6.07 Å². The molecule has 1 N–H and O–H groups in total. The number of anilines is 1. The molecule has 1 aromatic carbocycles. The molecule has 2 aromatic rings. The van der Waals surface area contributed by atoms with E-state index in [0.717, 1.165) is 0 Å². The van der Waals surface area contributed by atoms with Crippen LogP contribution in [0.1, 0.15) is 0 Å². The molecule has 0 saturated heterocycles. The van der Waals surface area contributed by atoms with Crippen LogP contribution in [0.15, 0.2) is 22.8 Å². The summed E-state index contributed by atoms with van der Waals surface area (Å²) in [5, 5.41) is 3.31. The molecule has 0 radical (unpaired) electrons. The number of nitrogens with one attached hydrogen (secondary N) is 1. The maximum Gasteiger partial charge on any atom is 0.262 e. The number of benzene rings is 1. The van der Waals surface area contributed by atoms with Crippen LogP contribution < -0.4 is 10.1 Å². The zero-order chi connectivity index (χ0) is 12.0. The SMILES string of the molecule is O=C1COc2c(cnc3cc(F)c(Br)cc23)N1. The number of carbonyl (C=O) groups is 1. The van der Waals surface area contributed by atoms with Crippen LogP contribution in [-0.2, 0) is 4.79 Å². The zero-order valence-corrected chi connectivity index (χ0v) is 10.0. The Hall–Kier alpha value is -1.69. The van der Waals surface area contributed by atoms with Crippen LogP contribution in [0, 0.1) is 5.82 Å². The number of halogens is 2. The molecule has 0 unspecified atom stereocenters. The minimum absolute atomic E-state index is 0.0406. The number of aromatic nitrogens is 1. The van der Waals surface area contributed by atoms with E-state index in [9.17, 15) is 9.18 Å². The highest BCUT2D eigenvalue weighted by Gasteiger charge is 2.19. The van der Waals surface area contributed by atoms with Gasteiger partial charge in [-0.1, -0.05) is 0 Å². The maximum atomic E-state index is 13.3. The molecule has 0 aliphatic carbocycles. The fraction of sp³-hybridized carbons (Fsp3) is 0.0909. The highest BCUT2D eigenvalue weighted by atomic mass is 79.9. The Morgan fingerprint density at radius 2 is 2.29 bits per heavy atom. The van der Waals surface area contributed by atoms with Gasteiger partial charge >= 0.3 is 0 Å². The zero-order valence-electron chi connectivity index (χ0n) is 8.46. The number of ether oxygens (including phenoxy) is 1. The van der Waals surface area contributed by atoms with Gasteiger partial charge in [-0.15, -0.1) is 0 Å². The van der Waals surface area contributed by atoms with Gasteiger partial charge in [-0.25, -0.2) is 4.39 Å². The summed E-state index contributed by atoms with van der Waals surface area (Å²) in [6.07, 6.45) is 1.46. The molecular weight excluding hydrogens is 291 g/mol. The number of rotatable bonds is 0. The first-order valence-corrected chi connectivity index (χ1v) is 5.65. The predicted molar refractivity (Wildman–Crippen MR) is 63.5 cm³/mol. The summed E-state index contributed by atoms with van der Waals surface area (Å²) in [5.41, 5.74) is 0.993. The van der Waals surface area contributed by atoms with E-state index in [4.69, 9.17) is 4.74 Å². The van der Waals surface area contributed by atoms with Gasteiger partial charge in [0.15, 0.2) is 12.4 Å². The molecule has 0 fully saturated rings. The second-order valence-electron chi connectivity index (χ2n) is 3.62. The van der Waals surface area contributed by atoms with Gasteiger partial charge in [-0.05, 0) is 22.0 Å². The van der Waals surface area contributed by atoms with Crippen LogP contribution in [0.3, 0.4) is 0 Å². The van der Waals surface area contributed by atoms with E-state index in [0.29, 0.717) is 26.8 Å². The molecule has 0 spiro atoms. The lowest BCUT2D eigenvalue weighted by Crippen LogP contribution is -2.25. The minimum atomic E-state index is -0.384. The third kappa shape index (κ3) is 1.64. The number of nitrogens with zero attached hydrogens (tertiary/aromatic N) is 1. The van der Waals surface area contributed by atoms with E-state index in [1.165, 1.54) is 12.3 Å². The van der Waals surface area contributed by atoms with Gasteiger partial charge in [0.25, 0.3) is 5.91 Å². The smallest absolute Gasteiger partial charge is 0.262 e. The topological polar surface area (TPSA) is 51.2 Å². The van der Waals surface area contributed by atoms with Gasteiger partial charge in [-0.3, -0.25) is 9.78 Å². The molecule has 2 heterocycles. The fourth-order valence-corrected chi connectivity index (χ4v) is 2.07. The normalized spacial score (nSPS) is 14.1. The Kier molecular flexibility index (Phi) is 2.25. The summed E-state index contributed by atoms with van der Waals surface area (Å²) in [7, 11) is 0. The van der Waals surface area contributed by atoms with E-state index in [-0.39, 0.29) is 18.3 Å². The molecule has 1 aromatic heterocycles. The highest BCUT2D eigenvalue weighted by molar-refractivity contribution is 9.10. The van der Waals surface area contributed by atoms with Crippen LogP contribution in [0.4, 0.5) is 10.1 Å². The predicted octanol–water partition coefficient (Wildman–Crippen LogP) is 2.47. The van der Waals surface area contributed by atoms with Crippen molar-refractivity contribution in [1.29, 1.82) is 0 Å². The van der Waals surface area contributed by atoms with Crippen molar-refractivity contribution in [2.75, 3.05) is 11.9 Å². The third-order valence-electron chi connectivity index (χ3n) is 2.48. The maximum absolute atomic E-state index is 13.3. The number of carbonyl (C=O) groups excluding carboxylic acids is 1. The second kappa shape index (κ2) is 3.66. The number of pyridine rings is 1. The third-order valence-corrected chi connectivity index (χ3v) is 3.09. The summed E-state index contributed by atoms with van der Waals surface area (Å²) >= 11 is 3.11. The Labute approximate surface area is 104 Å². The standard InChI is InChI=1S/C11H6BrFN2O2/c12-6-1-5-8(2-7(6)13)14-3-9-11(5)17-4-10(16)15-9/h1-3H,4H2,(H,15,16). The molecule has 0 saturated carbocycles.